The van der Waals surface area contributed by atoms with Gasteiger partial charge in [0.25, 0.3) is 0 Å². The second-order valence-corrected chi connectivity index (χ2v) is 5.91. The lowest BCUT2D eigenvalue weighted by Crippen LogP contribution is -2.35. The van der Waals surface area contributed by atoms with Gasteiger partial charge in [0.1, 0.15) is 11.4 Å². The van der Waals surface area contributed by atoms with Crippen LogP contribution in [0.15, 0.2) is 24.3 Å². The molecule has 0 spiro atoms. The van der Waals surface area contributed by atoms with Crippen LogP contribution in [0.3, 0.4) is 0 Å². The van der Waals surface area contributed by atoms with Crippen LogP contribution in [-0.4, -0.2) is 29.1 Å². The molecule has 0 unspecified atom stereocenters. The van der Waals surface area contributed by atoms with E-state index in [-0.39, 0.29) is 0 Å². The Labute approximate surface area is 136 Å². The molecule has 9 heteroatoms. The molecule has 0 saturated heterocycles. The van der Waals surface area contributed by atoms with E-state index in [9.17, 15) is 22.8 Å². The number of alkyl carbamates (subject to hydrolysis) is 1. The van der Waals surface area contributed by atoms with Gasteiger partial charge in [0, 0.05) is 0 Å². The average molecular weight is 349 g/mol. The third kappa shape index (κ3) is 7.70. The highest BCUT2D eigenvalue weighted by molar-refractivity contribution is 5.72. The molecular formula is C15H18F3NO5. The summed E-state index contributed by atoms with van der Waals surface area (Å²) in [5, 5.41) is 11.3. The summed E-state index contributed by atoms with van der Waals surface area (Å²) in [5.74, 6) is -1.63. The van der Waals surface area contributed by atoms with Gasteiger partial charge in [-0.2, -0.15) is 0 Å². The minimum Gasteiger partial charge on any atom is -0.481 e. The van der Waals surface area contributed by atoms with Crippen molar-refractivity contribution in [2.75, 3.05) is 0 Å². The smallest absolute Gasteiger partial charge is 0.481 e. The normalized spacial score (nSPS) is 13.1. The largest absolute Gasteiger partial charge is 0.573 e. The van der Waals surface area contributed by atoms with Crippen molar-refractivity contribution in [3.63, 3.8) is 0 Å². The topological polar surface area (TPSA) is 84.9 Å². The van der Waals surface area contributed by atoms with E-state index >= 15 is 0 Å². The SMILES string of the molecule is CC(C)(C)OC(=O)N[C@H](CC(=O)O)c1ccc(OC(F)(F)F)cc1. The summed E-state index contributed by atoms with van der Waals surface area (Å²) in [4.78, 5) is 22.7. The zero-order valence-electron chi connectivity index (χ0n) is 13.3. The van der Waals surface area contributed by atoms with E-state index in [2.05, 4.69) is 10.1 Å². The number of aliphatic carboxylic acids is 1. The molecule has 0 heterocycles. The predicted molar refractivity (Wildman–Crippen MR) is 77.5 cm³/mol. The molecule has 134 valence electrons. The van der Waals surface area contributed by atoms with Gasteiger partial charge in [-0.25, -0.2) is 4.79 Å². The van der Waals surface area contributed by atoms with E-state index < -0.39 is 42.2 Å². The molecule has 1 amide bonds. The Morgan fingerprint density at radius 2 is 1.71 bits per heavy atom. The number of benzene rings is 1. The van der Waals surface area contributed by atoms with E-state index in [0.717, 1.165) is 12.1 Å². The third-order valence-corrected chi connectivity index (χ3v) is 2.59. The molecule has 6 nitrogen and oxygen atoms in total. The maximum atomic E-state index is 12.1. The Morgan fingerprint density at radius 1 is 1.17 bits per heavy atom. The van der Waals surface area contributed by atoms with Gasteiger partial charge >= 0.3 is 18.4 Å². The number of carbonyl (C=O) groups excluding carboxylic acids is 1. The van der Waals surface area contributed by atoms with E-state index in [1.54, 1.807) is 20.8 Å². The van der Waals surface area contributed by atoms with Crippen molar-refractivity contribution in [2.45, 2.75) is 45.2 Å². The molecule has 1 rings (SSSR count). The monoisotopic (exact) mass is 349 g/mol. The lowest BCUT2D eigenvalue weighted by atomic mass is 10.0. The highest BCUT2D eigenvalue weighted by Gasteiger charge is 2.31. The first-order chi connectivity index (χ1) is 10.9. The molecule has 0 aromatic heterocycles. The Bertz CT molecular complexity index is 578. The number of carboxylic acid groups (broad SMARTS) is 1. The minimum atomic E-state index is -4.82. The van der Waals surface area contributed by atoms with Crippen LogP contribution < -0.4 is 10.1 Å². The highest BCUT2D eigenvalue weighted by atomic mass is 19.4. The molecule has 1 aromatic rings. The number of halogens is 3. The van der Waals surface area contributed by atoms with E-state index in [1.165, 1.54) is 12.1 Å². The molecule has 0 bridgehead atoms. The summed E-state index contributed by atoms with van der Waals surface area (Å²) >= 11 is 0. The predicted octanol–water partition coefficient (Wildman–Crippen LogP) is 3.63. The number of nitrogens with one attached hydrogen (secondary N) is 1. The van der Waals surface area contributed by atoms with Crippen molar-refractivity contribution in [3.8, 4) is 5.75 Å². The lowest BCUT2D eigenvalue weighted by Gasteiger charge is -2.23. The molecule has 0 aliphatic rings. The van der Waals surface area contributed by atoms with Gasteiger partial charge < -0.3 is 19.9 Å². The van der Waals surface area contributed by atoms with Crippen molar-refractivity contribution in [3.05, 3.63) is 29.8 Å². The van der Waals surface area contributed by atoms with Gasteiger partial charge in [0.05, 0.1) is 12.5 Å². The van der Waals surface area contributed by atoms with Gasteiger partial charge in [-0.3, -0.25) is 4.79 Å². The summed E-state index contributed by atoms with van der Waals surface area (Å²) in [7, 11) is 0. The Kier molecular flexibility index (Phi) is 6.05. The third-order valence-electron chi connectivity index (χ3n) is 2.59. The maximum Gasteiger partial charge on any atom is 0.573 e. The van der Waals surface area contributed by atoms with Crippen LogP contribution in [0.2, 0.25) is 0 Å². The number of hydrogen-bond acceptors (Lipinski definition) is 4. The van der Waals surface area contributed by atoms with Crippen LogP contribution in [0.5, 0.6) is 5.75 Å². The zero-order chi connectivity index (χ0) is 18.5. The second-order valence-electron chi connectivity index (χ2n) is 5.91. The molecule has 0 saturated carbocycles. The van der Waals surface area contributed by atoms with E-state index in [4.69, 9.17) is 9.84 Å². The molecule has 2 N–H and O–H groups in total. The minimum absolute atomic E-state index is 0.304. The van der Waals surface area contributed by atoms with Crippen LogP contribution in [0.1, 0.15) is 38.8 Å². The molecular weight excluding hydrogens is 331 g/mol. The van der Waals surface area contributed by atoms with Crippen molar-refractivity contribution in [1.29, 1.82) is 0 Å². The Morgan fingerprint density at radius 3 is 2.12 bits per heavy atom. The first kappa shape index (κ1) is 19.6. The molecule has 0 aliphatic carbocycles. The van der Waals surface area contributed by atoms with Crippen LogP contribution in [0, 0.1) is 0 Å². The first-order valence-electron chi connectivity index (χ1n) is 6.93. The molecule has 1 aromatic carbocycles. The van der Waals surface area contributed by atoms with Gasteiger partial charge in [-0.05, 0) is 38.5 Å². The fraction of sp³-hybridized carbons (Fsp3) is 0.467. The van der Waals surface area contributed by atoms with Crippen molar-refractivity contribution in [2.24, 2.45) is 0 Å². The van der Waals surface area contributed by atoms with Gasteiger partial charge in [-0.1, -0.05) is 12.1 Å². The number of hydrogen-bond donors (Lipinski definition) is 2. The summed E-state index contributed by atoms with van der Waals surface area (Å²) in [5.41, 5.74) is -0.472. The molecule has 0 fully saturated rings. The van der Waals surface area contributed by atoms with Gasteiger partial charge in [-0.15, -0.1) is 13.2 Å². The molecule has 1 atom stereocenters. The second kappa shape index (κ2) is 7.41. The summed E-state index contributed by atoms with van der Waals surface area (Å²) < 4.78 is 45.2. The number of alkyl halides is 3. The maximum absolute atomic E-state index is 12.1. The Hall–Kier alpha value is -2.45. The Balaban J connectivity index is 2.88. The number of carboxylic acids is 1. The van der Waals surface area contributed by atoms with Crippen LogP contribution >= 0.6 is 0 Å². The standard InChI is InChI=1S/C15H18F3NO5/c1-14(2,3)24-13(22)19-11(8-12(20)21)9-4-6-10(7-5-9)23-15(16,17)18/h4-7,11H,8H2,1-3H3,(H,19,22)(H,20,21)/t11-/m1/s1. The first-order valence-corrected chi connectivity index (χ1v) is 6.93. The van der Waals surface area contributed by atoms with E-state index in [1.807, 2.05) is 0 Å². The van der Waals surface area contributed by atoms with Crippen LogP contribution in [-0.2, 0) is 9.53 Å². The van der Waals surface area contributed by atoms with Crippen LogP contribution in [0.25, 0.3) is 0 Å². The number of rotatable bonds is 5. The average Bonchev–Trinajstić information content (AvgIpc) is 2.34. The highest BCUT2D eigenvalue weighted by Crippen LogP contribution is 2.25. The summed E-state index contributed by atoms with van der Waals surface area (Å²) in [6.07, 6.45) is -6.11. The van der Waals surface area contributed by atoms with Crippen LogP contribution in [0.4, 0.5) is 18.0 Å². The van der Waals surface area contributed by atoms with Gasteiger partial charge in [0.15, 0.2) is 0 Å². The molecule has 24 heavy (non-hydrogen) atoms. The molecule has 0 radical (unpaired) electrons. The fourth-order valence-corrected chi connectivity index (χ4v) is 1.78. The quantitative estimate of drug-likeness (QED) is 0.848. The van der Waals surface area contributed by atoms with Crippen molar-refractivity contribution >= 4 is 12.1 Å². The molecule has 0 aliphatic heterocycles. The van der Waals surface area contributed by atoms with E-state index in [0.29, 0.717) is 5.56 Å². The van der Waals surface area contributed by atoms with Gasteiger partial charge in [0.2, 0.25) is 0 Å². The van der Waals surface area contributed by atoms with Crippen molar-refractivity contribution < 1.29 is 37.3 Å². The number of amides is 1. The fourth-order valence-electron chi connectivity index (χ4n) is 1.78. The summed E-state index contributed by atoms with van der Waals surface area (Å²) in [6.45, 7) is 4.92. The number of ether oxygens (including phenoxy) is 2. The van der Waals surface area contributed by atoms with Crippen molar-refractivity contribution in [1.82, 2.24) is 5.32 Å². The summed E-state index contributed by atoms with van der Waals surface area (Å²) in [6, 6.07) is 3.60. The zero-order valence-corrected chi connectivity index (χ0v) is 13.3. The number of carbonyl (C=O) groups is 2. The lowest BCUT2D eigenvalue weighted by molar-refractivity contribution is -0.274.